The Hall–Kier alpha value is -2.45. The van der Waals surface area contributed by atoms with Crippen LogP contribution in [0, 0.1) is 11.3 Å². The summed E-state index contributed by atoms with van der Waals surface area (Å²) in [5.74, 6) is 1.24. The number of nitriles is 1. The van der Waals surface area contributed by atoms with Crippen molar-refractivity contribution in [1.29, 1.82) is 5.26 Å². The van der Waals surface area contributed by atoms with E-state index in [2.05, 4.69) is 46.8 Å². The Morgan fingerprint density at radius 3 is 2.31 bits per heavy atom. The summed E-state index contributed by atoms with van der Waals surface area (Å²) in [6.45, 7) is 6.15. The van der Waals surface area contributed by atoms with Crippen molar-refractivity contribution in [2.75, 3.05) is 32.2 Å². The average molecular weight is 415 g/mol. The van der Waals surface area contributed by atoms with Gasteiger partial charge in [-0.2, -0.15) is 5.26 Å². The fourth-order valence-corrected chi connectivity index (χ4v) is 3.43. The van der Waals surface area contributed by atoms with Crippen molar-refractivity contribution >= 4 is 33.3 Å². The predicted octanol–water partition coefficient (Wildman–Crippen LogP) is 5.38. The lowest BCUT2D eigenvalue weighted by Gasteiger charge is -2.22. The molecule has 0 saturated carbocycles. The minimum Gasteiger partial charge on any atom is -0.493 e. The van der Waals surface area contributed by atoms with Crippen molar-refractivity contribution in [3.63, 3.8) is 0 Å². The molecular weight excluding hydrogens is 392 g/mol. The Bertz CT molecular complexity index is 836. The van der Waals surface area contributed by atoms with E-state index in [1.54, 1.807) is 20.3 Å². The molecule has 0 unspecified atom stereocenters. The number of ether oxygens (including phenoxy) is 2. The van der Waals surface area contributed by atoms with Crippen LogP contribution in [0.5, 0.6) is 11.5 Å². The summed E-state index contributed by atoms with van der Waals surface area (Å²) in [6, 6.07) is 13.9. The Morgan fingerprint density at radius 2 is 1.77 bits per heavy atom. The third-order valence-electron chi connectivity index (χ3n) is 4.20. The van der Waals surface area contributed by atoms with Crippen LogP contribution in [0.2, 0.25) is 0 Å². The van der Waals surface area contributed by atoms with Gasteiger partial charge in [0.2, 0.25) is 0 Å². The number of benzene rings is 2. The Labute approximate surface area is 163 Å². The summed E-state index contributed by atoms with van der Waals surface area (Å²) in [7, 11) is 3.17. The van der Waals surface area contributed by atoms with Gasteiger partial charge in [-0.15, -0.1) is 0 Å². The minimum atomic E-state index is 0.563. The van der Waals surface area contributed by atoms with Gasteiger partial charge < -0.3 is 14.4 Å². The van der Waals surface area contributed by atoms with E-state index in [9.17, 15) is 5.26 Å². The molecule has 0 amide bonds. The number of methoxy groups -OCH3 is 2. The van der Waals surface area contributed by atoms with E-state index in [4.69, 9.17) is 9.47 Å². The van der Waals surface area contributed by atoms with Crippen LogP contribution in [0.3, 0.4) is 0 Å². The zero-order valence-electron chi connectivity index (χ0n) is 15.5. The normalized spacial score (nSPS) is 11.0. The first-order valence-electron chi connectivity index (χ1n) is 8.46. The second-order valence-electron chi connectivity index (χ2n) is 5.62. The number of halogens is 1. The maximum Gasteiger partial charge on any atom is 0.161 e. The molecule has 2 aromatic rings. The summed E-state index contributed by atoms with van der Waals surface area (Å²) in [6.07, 6.45) is 1.87. The van der Waals surface area contributed by atoms with Gasteiger partial charge in [0.25, 0.3) is 0 Å². The molecule has 0 radical (unpaired) electrons. The molecular formula is C21H23BrN2O2. The number of allylic oxidation sites excluding steroid dienone is 1. The van der Waals surface area contributed by atoms with E-state index in [1.807, 2.05) is 30.3 Å². The Morgan fingerprint density at radius 1 is 1.08 bits per heavy atom. The van der Waals surface area contributed by atoms with E-state index >= 15 is 0 Å². The van der Waals surface area contributed by atoms with Crippen LogP contribution in [0.1, 0.15) is 25.0 Å². The average Bonchev–Trinajstić information content (AvgIpc) is 2.67. The summed E-state index contributed by atoms with van der Waals surface area (Å²) < 4.78 is 11.6. The molecule has 26 heavy (non-hydrogen) atoms. The van der Waals surface area contributed by atoms with Gasteiger partial charge in [0.05, 0.1) is 31.5 Å². The van der Waals surface area contributed by atoms with Gasteiger partial charge in [-0.05, 0) is 77.3 Å². The van der Waals surface area contributed by atoms with Gasteiger partial charge in [0.15, 0.2) is 11.5 Å². The van der Waals surface area contributed by atoms with Crippen LogP contribution in [0.4, 0.5) is 5.69 Å². The Kier molecular flexibility index (Phi) is 7.11. The monoisotopic (exact) mass is 414 g/mol. The van der Waals surface area contributed by atoms with Crippen LogP contribution in [0.25, 0.3) is 11.6 Å². The van der Waals surface area contributed by atoms with Gasteiger partial charge in [-0.3, -0.25) is 0 Å². The lowest BCUT2D eigenvalue weighted by Crippen LogP contribution is -2.22. The molecule has 5 heteroatoms. The van der Waals surface area contributed by atoms with Crippen LogP contribution in [-0.2, 0) is 0 Å². The first-order chi connectivity index (χ1) is 12.6. The van der Waals surface area contributed by atoms with E-state index in [-0.39, 0.29) is 0 Å². The lowest BCUT2D eigenvalue weighted by atomic mass is 10.0. The molecule has 4 nitrogen and oxygen atoms in total. The highest BCUT2D eigenvalue weighted by Crippen LogP contribution is 2.32. The summed E-state index contributed by atoms with van der Waals surface area (Å²) in [5, 5.41) is 9.61. The molecule has 136 valence electrons. The quantitative estimate of drug-likeness (QED) is 0.450. The second-order valence-corrected chi connectivity index (χ2v) is 6.48. The van der Waals surface area contributed by atoms with E-state index in [0.717, 1.165) is 34.4 Å². The van der Waals surface area contributed by atoms with Crippen LogP contribution >= 0.6 is 15.9 Å². The molecule has 0 bridgehead atoms. The third-order valence-corrected chi connectivity index (χ3v) is 4.84. The lowest BCUT2D eigenvalue weighted by molar-refractivity contribution is 0.355. The van der Waals surface area contributed by atoms with Crippen molar-refractivity contribution in [2.24, 2.45) is 0 Å². The van der Waals surface area contributed by atoms with Crippen molar-refractivity contribution in [3.8, 4) is 17.6 Å². The SMILES string of the molecule is CCN(CC)c1ccc(/C=C(/C#N)c2ccc(OC)c(OC)c2)cc1Br. The number of anilines is 1. The molecule has 0 atom stereocenters. The zero-order chi connectivity index (χ0) is 19.1. The van der Waals surface area contributed by atoms with Crippen LogP contribution < -0.4 is 14.4 Å². The number of nitrogens with zero attached hydrogens (tertiary/aromatic N) is 2. The molecule has 2 aromatic carbocycles. The van der Waals surface area contributed by atoms with Crippen molar-refractivity contribution < 1.29 is 9.47 Å². The van der Waals surface area contributed by atoms with Crippen molar-refractivity contribution in [1.82, 2.24) is 0 Å². The highest BCUT2D eigenvalue weighted by molar-refractivity contribution is 9.10. The highest BCUT2D eigenvalue weighted by atomic mass is 79.9. The smallest absolute Gasteiger partial charge is 0.161 e. The molecule has 0 spiro atoms. The van der Waals surface area contributed by atoms with Gasteiger partial charge in [0.1, 0.15) is 0 Å². The fraction of sp³-hybridized carbons (Fsp3) is 0.286. The minimum absolute atomic E-state index is 0.563. The Balaban J connectivity index is 2.41. The van der Waals surface area contributed by atoms with Gasteiger partial charge in [0, 0.05) is 17.6 Å². The summed E-state index contributed by atoms with van der Waals surface area (Å²) in [4.78, 5) is 2.27. The molecule has 0 heterocycles. The number of hydrogen-bond acceptors (Lipinski definition) is 4. The van der Waals surface area contributed by atoms with E-state index < -0.39 is 0 Å². The molecule has 2 rings (SSSR count). The molecule has 0 aliphatic heterocycles. The van der Waals surface area contributed by atoms with Gasteiger partial charge in [-0.1, -0.05) is 6.07 Å². The molecule has 0 N–H and O–H groups in total. The largest absolute Gasteiger partial charge is 0.493 e. The maximum atomic E-state index is 9.61. The third kappa shape index (κ3) is 4.39. The van der Waals surface area contributed by atoms with Crippen LogP contribution in [0.15, 0.2) is 40.9 Å². The van der Waals surface area contributed by atoms with E-state index in [0.29, 0.717) is 17.1 Å². The first kappa shape index (κ1) is 19.9. The standard InChI is InChI=1S/C21H23BrN2O2/c1-5-24(6-2)19-9-7-15(12-18(19)22)11-17(14-23)16-8-10-20(25-3)21(13-16)26-4/h7-13H,5-6H2,1-4H3/b17-11-. The molecule has 0 saturated heterocycles. The predicted molar refractivity (Wildman–Crippen MR) is 111 cm³/mol. The summed E-state index contributed by atoms with van der Waals surface area (Å²) >= 11 is 3.65. The number of hydrogen-bond donors (Lipinski definition) is 0. The van der Waals surface area contributed by atoms with Crippen molar-refractivity contribution in [2.45, 2.75) is 13.8 Å². The second kappa shape index (κ2) is 9.30. The van der Waals surface area contributed by atoms with Gasteiger partial charge in [-0.25, -0.2) is 0 Å². The highest BCUT2D eigenvalue weighted by Gasteiger charge is 2.10. The molecule has 0 aliphatic rings. The fourth-order valence-electron chi connectivity index (χ4n) is 2.78. The zero-order valence-corrected chi connectivity index (χ0v) is 17.1. The molecule has 0 aliphatic carbocycles. The molecule has 0 fully saturated rings. The maximum absolute atomic E-state index is 9.61. The molecule has 0 aromatic heterocycles. The first-order valence-corrected chi connectivity index (χ1v) is 9.25. The van der Waals surface area contributed by atoms with Crippen LogP contribution in [-0.4, -0.2) is 27.3 Å². The number of rotatable bonds is 7. The van der Waals surface area contributed by atoms with Crippen molar-refractivity contribution in [3.05, 3.63) is 52.0 Å². The van der Waals surface area contributed by atoms with E-state index in [1.165, 1.54) is 0 Å². The topological polar surface area (TPSA) is 45.5 Å². The van der Waals surface area contributed by atoms with Gasteiger partial charge >= 0.3 is 0 Å². The summed E-state index contributed by atoms with van der Waals surface area (Å²) in [5.41, 5.74) is 3.46.